The molecule has 10 amide bonds. The Morgan fingerprint density at radius 2 is 0.833 bits per heavy atom. The number of carbonyl (C=O) groups excluding carboxylic acids is 11. The minimum absolute atomic E-state index is 0.116. The molecule has 588 valence electrons. The molecule has 24 nitrogen and oxygen atoms in total. The predicted octanol–water partition coefficient (Wildman–Crippen LogP) is 9.41. The number of nitrogens with zero attached hydrogens (tertiary/aromatic N) is 6. The summed E-state index contributed by atoms with van der Waals surface area (Å²) in [5.41, 5.74) is 0. The SMILES string of the molecule is C/C=C/C[C@@H](C)[C@@H](O[Si](CC)(CC)CC)[C@@H]1C(=O)N[C@@H]([C@@H](C)O[Si](CC)(CC)CC)C(=O)N(C)CC(=O)N(C)[C@@H](CC(C)C)C(=O)N[C@H](CC(C)C)C(=O)N(C)[C@H](CC(C)C)C(=O)N[C@@H](C)C(=O)O[C@@H](C(C)C)C(=O)N(C)[C@H](CC(C)C)C(=O)N[C@@H](CC(C)C)C(=O)N(C)[C@H](C(C)C)C(=O)N1C. The van der Waals surface area contributed by atoms with Gasteiger partial charge in [0.2, 0.25) is 53.2 Å². The van der Waals surface area contributed by atoms with Crippen LogP contribution in [0.25, 0.3) is 0 Å². The fourth-order valence-electron chi connectivity index (χ4n) is 13.7. The first-order valence-corrected chi connectivity index (χ1v) is 43.3. The third-order valence-corrected chi connectivity index (χ3v) is 30.1. The van der Waals surface area contributed by atoms with Crippen molar-refractivity contribution in [2.24, 2.45) is 47.3 Å². The summed E-state index contributed by atoms with van der Waals surface area (Å²) in [6.45, 7) is 44.5. The summed E-state index contributed by atoms with van der Waals surface area (Å²) in [4.78, 5) is 175. The maximum Gasteiger partial charge on any atom is 0.329 e. The molecule has 4 N–H and O–H groups in total. The van der Waals surface area contributed by atoms with Crippen molar-refractivity contribution in [3.05, 3.63) is 12.2 Å². The monoisotopic (exact) mass is 1480 g/mol. The lowest BCUT2D eigenvalue weighted by Gasteiger charge is -2.44. The molecule has 102 heavy (non-hydrogen) atoms. The Morgan fingerprint density at radius 1 is 0.451 bits per heavy atom. The molecule has 1 rings (SSSR count). The van der Waals surface area contributed by atoms with Gasteiger partial charge in [-0.15, -0.1) is 0 Å². The Kier molecular flexibility index (Phi) is 40.3. The second kappa shape index (κ2) is 43.6. The van der Waals surface area contributed by atoms with Crippen LogP contribution in [0.3, 0.4) is 0 Å². The van der Waals surface area contributed by atoms with E-state index in [4.69, 9.17) is 13.6 Å². The summed E-state index contributed by atoms with van der Waals surface area (Å²) in [5, 5.41) is 11.8. The van der Waals surface area contributed by atoms with Gasteiger partial charge >= 0.3 is 5.97 Å². The van der Waals surface area contributed by atoms with E-state index in [9.17, 15) is 28.8 Å². The fourth-order valence-corrected chi connectivity index (χ4v) is 19.6. The molecule has 1 heterocycles. The first-order valence-electron chi connectivity index (χ1n) is 38.2. The van der Waals surface area contributed by atoms with Gasteiger partial charge in [0.25, 0.3) is 5.91 Å². The maximum absolute atomic E-state index is 16.3. The number of allylic oxidation sites excluding steroid dienone is 2. The first kappa shape index (κ1) is 94.3. The number of hydrogen-bond donors (Lipinski definition) is 4. The van der Waals surface area contributed by atoms with Crippen molar-refractivity contribution in [2.45, 2.75) is 314 Å². The number of cyclic esters (lactones) is 1. The van der Waals surface area contributed by atoms with Gasteiger partial charge in [0.05, 0.1) is 18.8 Å². The highest BCUT2D eigenvalue weighted by Gasteiger charge is 2.49. The number of hydrogen-bond acceptors (Lipinski definition) is 14. The van der Waals surface area contributed by atoms with Crippen molar-refractivity contribution >= 4 is 81.7 Å². The minimum Gasteiger partial charge on any atom is -0.450 e. The van der Waals surface area contributed by atoms with E-state index in [0.29, 0.717) is 42.7 Å². The van der Waals surface area contributed by atoms with Crippen LogP contribution in [0.4, 0.5) is 0 Å². The molecule has 0 bridgehead atoms. The van der Waals surface area contributed by atoms with Gasteiger partial charge in [0.15, 0.2) is 22.7 Å². The van der Waals surface area contributed by atoms with Gasteiger partial charge in [-0.05, 0) is 143 Å². The van der Waals surface area contributed by atoms with E-state index >= 15 is 24.0 Å². The molecule has 0 aromatic heterocycles. The molecular formula is C76H142N10O14Si2. The average Bonchev–Trinajstić information content (AvgIpc) is 0.792. The molecule has 1 saturated heterocycles. The van der Waals surface area contributed by atoms with Crippen LogP contribution >= 0.6 is 0 Å². The van der Waals surface area contributed by atoms with Crippen molar-refractivity contribution in [3.8, 4) is 0 Å². The zero-order valence-corrected chi connectivity index (χ0v) is 70.8. The average molecular weight is 1480 g/mol. The Bertz CT molecular complexity index is 2740. The minimum atomic E-state index is -2.70. The molecule has 0 aliphatic carbocycles. The largest absolute Gasteiger partial charge is 0.450 e. The van der Waals surface area contributed by atoms with Gasteiger partial charge in [-0.3, -0.25) is 47.9 Å². The van der Waals surface area contributed by atoms with Crippen LogP contribution in [0, 0.1) is 47.3 Å². The first-order chi connectivity index (χ1) is 47.3. The highest BCUT2D eigenvalue weighted by Crippen LogP contribution is 2.33. The van der Waals surface area contributed by atoms with Crippen LogP contribution in [-0.2, 0) is 66.3 Å². The quantitative estimate of drug-likeness (QED) is 0.0339. The summed E-state index contributed by atoms with van der Waals surface area (Å²) < 4.78 is 20.5. The molecule has 0 saturated carbocycles. The number of amides is 10. The van der Waals surface area contributed by atoms with E-state index in [1.807, 2.05) is 116 Å². The lowest BCUT2D eigenvalue weighted by Crippen LogP contribution is -2.66. The molecule has 0 aromatic carbocycles. The van der Waals surface area contributed by atoms with Gasteiger partial charge in [-0.2, -0.15) is 0 Å². The zero-order chi connectivity index (χ0) is 78.9. The van der Waals surface area contributed by atoms with Crippen molar-refractivity contribution in [1.29, 1.82) is 0 Å². The van der Waals surface area contributed by atoms with Crippen LogP contribution < -0.4 is 21.3 Å². The molecule has 1 aliphatic rings. The van der Waals surface area contributed by atoms with E-state index in [2.05, 4.69) is 42.0 Å². The van der Waals surface area contributed by atoms with Crippen LogP contribution in [-0.4, -0.2) is 233 Å². The van der Waals surface area contributed by atoms with Crippen molar-refractivity contribution < 1.29 is 66.3 Å². The van der Waals surface area contributed by atoms with E-state index in [1.165, 1.54) is 78.6 Å². The Hall–Kier alpha value is -5.74. The van der Waals surface area contributed by atoms with Gasteiger partial charge in [-0.25, -0.2) is 4.79 Å². The summed E-state index contributed by atoms with van der Waals surface area (Å²) in [6, 6.07) is -7.36. The fraction of sp³-hybridized carbons (Fsp3) is 0.829. The second-order valence-electron chi connectivity index (χ2n) is 31.9. The smallest absolute Gasteiger partial charge is 0.329 e. The van der Waals surface area contributed by atoms with Crippen molar-refractivity contribution in [1.82, 2.24) is 50.7 Å². The zero-order valence-electron chi connectivity index (χ0n) is 68.8. The van der Waals surface area contributed by atoms with Crippen molar-refractivity contribution in [2.75, 3.05) is 48.8 Å². The number of carbonyl (C=O) groups is 11. The highest BCUT2D eigenvalue weighted by atomic mass is 28.4. The number of nitrogens with one attached hydrogen (secondary N) is 4. The molecule has 0 aromatic rings. The van der Waals surface area contributed by atoms with Crippen LogP contribution in [0.1, 0.15) is 205 Å². The van der Waals surface area contributed by atoms with Crippen molar-refractivity contribution in [3.63, 3.8) is 0 Å². The Labute approximate surface area is 617 Å². The van der Waals surface area contributed by atoms with Crippen LogP contribution in [0.2, 0.25) is 36.3 Å². The third kappa shape index (κ3) is 27.0. The maximum atomic E-state index is 16.3. The third-order valence-electron chi connectivity index (χ3n) is 20.7. The van der Waals surface area contributed by atoms with E-state index in [-0.39, 0.29) is 61.7 Å². The molecule has 26 heteroatoms. The van der Waals surface area contributed by atoms with Gasteiger partial charge in [0, 0.05) is 42.3 Å². The standard InChI is InChI=1S/C76H142N10O14Si2/c1-31-38-39-53(22)66(100-102(35-5,36-6)37-7)64-70(91)80-62(55(24)99-101(32-2,33-3)34-4)73(94)81(25)45-61(87)82(26)58(42-48(12)13)68(89)78-56(40-46(8)9)71(92)83(27)59(43-49(14)15)67(88)77-54(23)76(97)98-65(52(20)21)75(96)84(28)60(44-50(16)17)69(90)79-57(41-47(10)11)72(93)85(29)63(51(18)19)74(95)86(64)30/h31,38,46-60,62-66H,32-37,39-45H2,1-30H3,(H,77,88)(H,78,89)(H,79,90)(H,80,91)/b38-31+/t53-,54+,55-,56-,57+,58+,59-,60-,62+,63-,64-,65+,66-/m1/s1. The number of esters is 1. The normalized spacial score (nSPS) is 25.0. The topological polar surface area (TPSA) is 283 Å². The summed E-state index contributed by atoms with van der Waals surface area (Å²) in [5.74, 6) is -10.1. The summed E-state index contributed by atoms with van der Waals surface area (Å²) in [6.07, 6.45) is 1.57. The molecule has 13 atom stereocenters. The molecule has 1 aliphatic heterocycles. The van der Waals surface area contributed by atoms with E-state index < -0.39 is 179 Å². The van der Waals surface area contributed by atoms with Crippen LogP contribution in [0.15, 0.2) is 12.2 Å². The van der Waals surface area contributed by atoms with Gasteiger partial charge in [0.1, 0.15) is 54.4 Å². The molecular weight excluding hydrogens is 1330 g/mol. The second-order valence-corrected chi connectivity index (χ2v) is 41.4. The molecule has 0 spiro atoms. The highest BCUT2D eigenvalue weighted by molar-refractivity contribution is 6.74. The predicted molar refractivity (Wildman–Crippen MR) is 409 cm³/mol. The molecule has 0 unspecified atom stereocenters. The van der Waals surface area contributed by atoms with E-state index in [1.54, 1.807) is 34.6 Å². The number of ether oxygens (including phenoxy) is 1. The number of rotatable bonds is 27. The van der Waals surface area contributed by atoms with Gasteiger partial charge < -0.3 is 64.3 Å². The van der Waals surface area contributed by atoms with E-state index in [0.717, 1.165) is 0 Å². The van der Waals surface area contributed by atoms with Crippen LogP contribution in [0.5, 0.6) is 0 Å². The number of likely N-dealkylation sites (N-methyl/N-ethyl adjacent to an activating group) is 6. The summed E-state index contributed by atoms with van der Waals surface area (Å²) in [7, 11) is 3.51. The molecule has 0 radical (unpaired) electrons. The van der Waals surface area contributed by atoms with Gasteiger partial charge in [-0.1, -0.05) is 158 Å². The molecule has 1 fully saturated rings. The Balaban J connectivity index is 4.87. The summed E-state index contributed by atoms with van der Waals surface area (Å²) >= 11 is 0. The Morgan fingerprint density at radius 3 is 1.23 bits per heavy atom. The lowest BCUT2D eigenvalue weighted by atomic mass is 9.91. The lowest BCUT2D eigenvalue weighted by molar-refractivity contribution is -0.166.